The SMILES string of the molecule is Clc1ccc2c(c1)C(c1ccccc1)Nc1ccc(Cl)cc1C(c1ccccc1)N2. The molecule has 4 heteroatoms. The van der Waals surface area contributed by atoms with Crippen LogP contribution < -0.4 is 10.6 Å². The van der Waals surface area contributed by atoms with Gasteiger partial charge in [0.2, 0.25) is 0 Å². The van der Waals surface area contributed by atoms with Gasteiger partial charge in [-0.3, -0.25) is 0 Å². The lowest BCUT2D eigenvalue weighted by atomic mass is 9.90. The Labute approximate surface area is 186 Å². The molecule has 30 heavy (non-hydrogen) atoms. The molecular formula is C26H20Cl2N2. The van der Waals surface area contributed by atoms with Crippen LogP contribution in [0.1, 0.15) is 34.3 Å². The third-order valence-electron chi connectivity index (χ3n) is 5.51. The van der Waals surface area contributed by atoms with E-state index in [9.17, 15) is 0 Å². The molecule has 0 radical (unpaired) electrons. The lowest BCUT2D eigenvalue weighted by Gasteiger charge is -2.33. The second-order valence-electron chi connectivity index (χ2n) is 7.44. The molecule has 148 valence electrons. The van der Waals surface area contributed by atoms with Crippen LogP contribution in [0.15, 0.2) is 97.1 Å². The lowest BCUT2D eigenvalue weighted by molar-refractivity contribution is 0.870. The van der Waals surface area contributed by atoms with Crippen molar-refractivity contribution < 1.29 is 0 Å². The van der Waals surface area contributed by atoms with Crippen LogP contribution in [-0.4, -0.2) is 0 Å². The molecule has 0 spiro atoms. The second-order valence-corrected chi connectivity index (χ2v) is 8.31. The van der Waals surface area contributed by atoms with Gasteiger partial charge in [-0.2, -0.15) is 0 Å². The summed E-state index contributed by atoms with van der Waals surface area (Å²) < 4.78 is 0. The fourth-order valence-corrected chi connectivity index (χ4v) is 4.45. The summed E-state index contributed by atoms with van der Waals surface area (Å²) >= 11 is 12.8. The van der Waals surface area contributed by atoms with E-state index in [0.717, 1.165) is 22.5 Å². The highest BCUT2D eigenvalue weighted by atomic mass is 35.5. The highest BCUT2D eigenvalue weighted by Crippen LogP contribution is 2.42. The quantitative estimate of drug-likeness (QED) is 0.340. The van der Waals surface area contributed by atoms with Gasteiger partial charge in [0.25, 0.3) is 0 Å². The summed E-state index contributed by atoms with van der Waals surface area (Å²) in [6, 6.07) is 32.8. The lowest BCUT2D eigenvalue weighted by Crippen LogP contribution is -2.23. The van der Waals surface area contributed by atoms with Gasteiger partial charge in [-0.1, -0.05) is 83.9 Å². The smallest absolute Gasteiger partial charge is 0.0788 e. The largest absolute Gasteiger partial charge is 0.374 e. The number of nitrogens with one attached hydrogen (secondary N) is 2. The van der Waals surface area contributed by atoms with E-state index in [1.54, 1.807) is 0 Å². The summed E-state index contributed by atoms with van der Waals surface area (Å²) in [5.41, 5.74) is 6.63. The van der Waals surface area contributed by atoms with Crippen LogP contribution in [0.5, 0.6) is 0 Å². The second kappa shape index (κ2) is 8.06. The Morgan fingerprint density at radius 3 is 1.30 bits per heavy atom. The van der Waals surface area contributed by atoms with Crippen molar-refractivity contribution in [1.82, 2.24) is 0 Å². The molecule has 0 aromatic heterocycles. The molecule has 0 bridgehead atoms. The standard InChI is InChI=1S/C26H20Cl2N2/c27-19-11-13-23-21(15-19)25(17-7-3-1-4-8-17)29-24-14-12-20(28)16-22(24)26(30-23)18-9-5-2-6-10-18/h1-16,25-26,29-30H. The van der Waals surface area contributed by atoms with Crippen LogP contribution >= 0.6 is 23.2 Å². The minimum atomic E-state index is -0.0518. The molecule has 1 heterocycles. The molecule has 0 fully saturated rings. The monoisotopic (exact) mass is 430 g/mol. The van der Waals surface area contributed by atoms with Crippen molar-refractivity contribution in [2.24, 2.45) is 0 Å². The van der Waals surface area contributed by atoms with Gasteiger partial charge in [0.1, 0.15) is 0 Å². The first kappa shape index (κ1) is 19.0. The average molecular weight is 431 g/mol. The molecule has 4 aromatic carbocycles. The van der Waals surface area contributed by atoms with Crippen molar-refractivity contribution in [3.63, 3.8) is 0 Å². The van der Waals surface area contributed by atoms with Crippen molar-refractivity contribution in [3.8, 4) is 0 Å². The van der Waals surface area contributed by atoms with E-state index >= 15 is 0 Å². The maximum absolute atomic E-state index is 6.42. The van der Waals surface area contributed by atoms with E-state index in [-0.39, 0.29) is 12.1 Å². The first-order chi connectivity index (χ1) is 14.7. The van der Waals surface area contributed by atoms with Crippen molar-refractivity contribution in [2.75, 3.05) is 10.6 Å². The third kappa shape index (κ3) is 3.65. The van der Waals surface area contributed by atoms with E-state index < -0.39 is 0 Å². The molecule has 2 nitrogen and oxygen atoms in total. The molecular weight excluding hydrogens is 411 g/mol. The average Bonchev–Trinajstić information content (AvgIpc) is 2.77. The maximum atomic E-state index is 6.42. The first-order valence-electron chi connectivity index (χ1n) is 9.91. The highest BCUT2D eigenvalue weighted by Gasteiger charge is 2.27. The molecule has 1 aliphatic rings. The first-order valence-corrected chi connectivity index (χ1v) is 10.7. The number of hydrogen-bond donors (Lipinski definition) is 2. The van der Waals surface area contributed by atoms with Gasteiger partial charge in [-0.25, -0.2) is 0 Å². The third-order valence-corrected chi connectivity index (χ3v) is 5.98. The van der Waals surface area contributed by atoms with Crippen LogP contribution in [0.2, 0.25) is 10.0 Å². The van der Waals surface area contributed by atoms with Crippen molar-refractivity contribution in [1.29, 1.82) is 0 Å². The molecule has 1 aliphatic heterocycles. The van der Waals surface area contributed by atoms with Crippen LogP contribution in [0.25, 0.3) is 0 Å². The summed E-state index contributed by atoms with van der Waals surface area (Å²) in [4.78, 5) is 0. The van der Waals surface area contributed by atoms with Gasteiger partial charge in [0, 0.05) is 32.5 Å². The van der Waals surface area contributed by atoms with E-state index in [4.69, 9.17) is 23.2 Å². The molecule has 0 saturated carbocycles. The van der Waals surface area contributed by atoms with E-state index in [2.05, 4.69) is 71.3 Å². The number of halogens is 2. The number of hydrogen-bond acceptors (Lipinski definition) is 2. The molecule has 0 aliphatic carbocycles. The summed E-state index contributed by atoms with van der Waals surface area (Å²) in [6.45, 7) is 0. The van der Waals surface area contributed by atoms with E-state index in [1.807, 2.05) is 36.4 Å². The van der Waals surface area contributed by atoms with Gasteiger partial charge >= 0.3 is 0 Å². The van der Waals surface area contributed by atoms with Gasteiger partial charge in [-0.05, 0) is 47.5 Å². The fraction of sp³-hybridized carbons (Fsp3) is 0.0769. The fourth-order valence-electron chi connectivity index (χ4n) is 4.09. The zero-order valence-electron chi connectivity index (χ0n) is 16.1. The van der Waals surface area contributed by atoms with E-state index in [1.165, 1.54) is 11.1 Å². The van der Waals surface area contributed by atoms with Crippen LogP contribution in [0.3, 0.4) is 0 Å². The van der Waals surface area contributed by atoms with Gasteiger partial charge < -0.3 is 10.6 Å². The van der Waals surface area contributed by atoms with Crippen LogP contribution in [0.4, 0.5) is 11.4 Å². The van der Waals surface area contributed by atoms with E-state index in [0.29, 0.717) is 10.0 Å². The van der Waals surface area contributed by atoms with Crippen LogP contribution in [0, 0.1) is 0 Å². The number of rotatable bonds is 2. The Hall–Kier alpha value is -2.94. The van der Waals surface area contributed by atoms with Crippen molar-refractivity contribution in [3.05, 3.63) is 129 Å². The highest BCUT2D eigenvalue weighted by molar-refractivity contribution is 6.31. The molecule has 0 amide bonds. The Morgan fingerprint density at radius 2 is 0.900 bits per heavy atom. The summed E-state index contributed by atoms with van der Waals surface area (Å²) in [6.07, 6.45) is 0. The van der Waals surface area contributed by atoms with Crippen LogP contribution in [-0.2, 0) is 0 Å². The number of benzene rings is 4. The maximum Gasteiger partial charge on any atom is 0.0788 e. The summed E-state index contributed by atoms with van der Waals surface area (Å²) in [5.74, 6) is 0. The molecule has 2 atom stereocenters. The zero-order chi connectivity index (χ0) is 20.5. The molecule has 4 aromatic rings. The zero-order valence-corrected chi connectivity index (χ0v) is 17.7. The normalized spacial score (nSPS) is 17.5. The van der Waals surface area contributed by atoms with Gasteiger partial charge in [0.15, 0.2) is 0 Å². The number of fused-ring (bicyclic) bond motifs is 2. The minimum Gasteiger partial charge on any atom is -0.374 e. The Bertz CT molecular complexity index is 1080. The predicted molar refractivity (Wildman–Crippen MR) is 127 cm³/mol. The summed E-state index contributed by atoms with van der Waals surface area (Å²) in [7, 11) is 0. The van der Waals surface area contributed by atoms with Crippen molar-refractivity contribution in [2.45, 2.75) is 12.1 Å². The van der Waals surface area contributed by atoms with Gasteiger partial charge in [0.05, 0.1) is 12.1 Å². The Kier molecular flexibility index (Phi) is 5.12. The van der Waals surface area contributed by atoms with Crippen molar-refractivity contribution >= 4 is 34.6 Å². The number of anilines is 2. The summed E-state index contributed by atoms with van der Waals surface area (Å²) in [5, 5.41) is 8.97. The molecule has 0 saturated heterocycles. The van der Waals surface area contributed by atoms with Gasteiger partial charge in [-0.15, -0.1) is 0 Å². The minimum absolute atomic E-state index is 0.0518. The Balaban J connectivity index is 1.73. The molecule has 2 N–H and O–H groups in total. The predicted octanol–water partition coefficient (Wildman–Crippen LogP) is 7.71. The molecule has 5 rings (SSSR count). The topological polar surface area (TPSA) is 24.1 Å². The Morgan fingerprint density at radius 1 is 0.500 bits per heavy atom. The molecule has 2 unspecified atom stereocenters.